The van der Waals surface area contributed by atoms with Crippen molar-refractivity contribution in [1.82, 2.24) is 4.90 Å². The van der Waals surface area contributed by atoms with Crippen molar-refractivity contribution < 1.29 is 23.8 Å². The Labute approximate surface area is 178 Å². The van der Waals surface area contributed by atoms with Gasteiger partial charge in [0, 0.05) is 12.1 Å². The van der Waals surface area contributed by atoms with Gasteiger partial charge in [-0.25, -0.2) is 4.79 Å². The van der Waals surface area contributed by atoms with Gasteiger partial charge < -0.3 is 19.1 Å². The Hall–Kier alpha value is -3.02. The fraction of sp³-hybridized carbons (Fsp3) is 0.417. The van der Waals surface area contributed by atoms with E-state index in [1.54, 1.807) is 30.0 Å². The monoisotopic (exact) mass is 413 g/mol. The van der Waals surface area contributed by atoms with Crippen LogP contribution in [0, 0.1) is 0 Å². The van der Waals surface area contributed by atoms with Crippen molar-refractivity contribution in [3.05, 3.63) is 59.7 Å². The molecule has 0 radical (unpaired) electrons. The van der Waals surface area contributed by atoms with Crippen LogP contribution in [0.15, 0.2) is 48.5 Å². The summed E-state index contributed by atoms with van der Waals surface area (Å²) < 4.78 is 16.2. The molecule has 0 N–H and O–H groups in total. The molecule has 30 heavy (non-hydrogen) atoms. The normalized spacial score (nSPS) is 12.1. The van der Waals surface area contributed by atoms with Gasteiger partial charge in [0.1, 0.15) is 0 Å². The van der Waals surface area contributed by atoms with Crippen molar-refractivity contribution in [2.24, 2.45) is 0 Å². The van der Waals surface area contributed by atoms with Gasteiger partial charge in [-0.15, -0.1) is 0 Å². The van der Waals surface area contributed by atoms with Gasteiger partial charge in [0.25, 0.3) is 5.91 Å². The molecule has 2 aromatic rings. The fourth-order valence-electron chi connectivity index (χ4n) is 2.98. The molecule has 162 valence electrons. The third-order valence-electron chi connectivity index (χ3n) is 4.59. The molecule has 0 fully saturated rings. The summed E-state index contributed by atoms with van der Waals surface area (Å²) in [5.74, 6) is 0.136. The van der Waals surface area contributed by atoms with Crippen molar-refractivity contribution in [3.63, 3.8) is 0 Å². The van der Waals surface area contributed by atoms with Crippen molar-refractivity contribution >= 4 is 11.9 Å². The number of amides is 1. The topological polar surface area (TPSA) is 65.1 Å². The summed E-state index contributed by atoms with van der Waals surface area (Å²) in [6.07, 6.45) is -0.932. The molecule has 0 saturated carbocycles. The second-order valence-electron chi connectivity index (χ2n) is 7.93. The minimum absolute atomic E-state index is 0.252. The number of esters is 1. The molecule has 0 aliphatic carbocycles. The SMILES string of the molecule is CCOc1ccc(C(=O)O[C@@H](C)C(=O)N(Cc2ccccc2)C(C)(C)C)cc1OC. The lowest BCUT2D eigenvalue weighted by Gasteiger charge is -2.37. The number of benzene rings is 2. The lowest BCUT2D eigenvalue weighted by Crippen LogP contribution is -2.49. The lowest BCUT2D eigenvalue weighted by atomic mass is 10.0. The molecule has 0 aliphatic heterocycles. The Morgan fingerprint density at radius 2 is 1.70 bits per heavy atom. The Balaban J connectivity index is 2.15. The molecule has 0 heterocycles. The van der Waals surface area contributed by atoms with Gasteiger partial charge in [0.15, 0.2) is 17.6 Å². The van der Waals surface area contributed by atoms with Crippen LogP contribution < -0.4 is 9.47 Å². The van der Waals surface area contributed by atoms with Crippen LogP contribution in [0.3, 0.4) is 0 Å². The average molecular weight is 414 g/mol. The molecular formula is C24H31NO5. The maximum absolute atomic E-state index is 13.1. The molecule has 0 bridgehead atoms. The third-order valence-corrected chi connectivity index (χ3v) is 4.59. The Kier molecular flexibility index (Phi) is 7.86. The molecule has 1 atom stereocenters. The van der Waals surface area contributed by atoms with E-state index in [9.17, 15) is 9.59 Å². The van der Waals surface area contributed by atoms with Crippen LogP contribution >= 0.6 is 0 Å². The number of methoxy groups -OCH3 is 1. The predicted molar refractivity (Wildman–Crippen MR) is 116 cm³/mol. The first-order valence-corrected chi connectivity index (χ1v) is 10.0. The van der Waals surface area contributed by atoms with E-state index in [0.717, 1.165) is 5.56 Å². The Bertz CT molecular complexity index is 858. The highest BCUT2D eigenvalue weighted by Crippen LogP contribution is 2.28. The van der Waals surface area contributed by atoms with Gasteiger partial charge in [0.05, 0.1) is 19.3 Å². The van der Waals surface area contributed by atoms with E-state index < -0.39 is 17.6 Å². The van der Waals surface area contributed by atoms with Crippen molar-refractivity contribution in [1.29, 1.82) is 0 Å². The first kappa shape index (κ1) is 23.3. The quantitative estimate of drug-likeness (QED) is 0.598. The van der Waals surface area contributed by atoms with E-state index in [4.69, 9.17) is 14.2 Å². The minimum Gasteiger partial charge on any atom is -0.493 e. The standard InChI is InChI=1S/C24H31NO5/c1-7-29-20-14-13-19(15-21(20)28-6)23(27)30-17(2)22(26)25(24(3,4)5)16-18-11-9-8-10-12-18/h8-15,17H,7,16H2,1-6H3/t17-/m0/s1. The molecule has 6 heteroatoms. The molecule has 0 unspecified atom stereocenters. The summed E-state index contributed by atoms with van der Waals surface area (Å²) in [5.41, 5.74) is 0.867. The summed E-state index contributed by atoms with van der Waals surface area (Å²) in [6.45, 7) is 10.2. The molecule has 2 rings (SSSR count). The van der Waals surface area contributed by atoms with E-state index in [0.29, 0.717) is 30.2 Å². The van der Waals surface area contributed by atoms with E-state index in [1.807, 2.05) is 58.0 Å². The highest BCUT2D eigenvalue weighted by Gasteiger charge is 2.32. The molecule has 0 aromatic heterocycles. The number of rotatable bonds is 8. The molecule has 6 nitrogen and oxygen atoms in total. The summed E-state index contributed by atoms with van der Waals surface area (Å²) in [6, 6.07) is 14.5. The second-order valence-corrected chi connectivity index (χ2v) is 7.93. The molecule has 1 amide bonds. The number of carbonyl (C=O) groups excluding carboxylic acids is 2. The van der Waals surface area contributed by atoms with E-state index in [2.05, 4.69) is 0 Å². The summed E-state index contributed by atoms with van der Waals surface area (Å²) in [4.78, 5) is 27.5. The lowest BCUT2D eigenvalue weighted by molar-refractivity contribution is -0.145. The van der Waals surface area contributed by atoms with Crippen LogP contribution in [0.1, 0.15) is 50.5 Å². The highest BCUT2D eigenvalue weighted by molar-refractivity contribution is 5.93. The van der Waals surface area contributed by atoms with E-state index in [1.165, 1.54) is 7.11 Å². The van der Waals surface area contributed by atoms with Gasteiger partial charge in [-0.2, -0.15) is 0 Å². The summed E-state index contributed by atoms with van der Waals surface area (Å²) in [7, 11) is 1.50. The smallest absolute Gasteiger partial charge is 0.339 e. The predicted octanol–water partition coefficient (Wildman–Crippen LogP) is 4.47. The second kappa shape index (κ2) is 10.1. The maximum Gasteiger partial charge on any atom is 0.339 e. The van der Waals surface area contributed by atoms with E-state index >= 15 is 0 Å². The third kappa shape index (κ3) is 5.99. The first-order valence-electron chi connectivity index (χ1n) is 10.0. The summed E-state index contributed by atoms with van der Waals surface area (Å²) >= 11 is 0. The van der Waals surface area contributed by atoms with Crippen molar-refractivity contribution in [2.75, 3.05) is 13.7 Å². The molecule has 2 aromatic carbocycles. The fourth-order valence-corrected chi connectivity index (χ4v) is 2.98. The number of hydrogen-bond acceptors (Lipinski definition) is 5. The number of ether oxygens (including phenoxy) is 3. The Morgan fingerprint density at radius 1 is 1.03 bits per heavy atom. The van der Waals surface area contributed by atoms with Crippen LogP contribution in [0.4, 0.5) is 0 Å². The maximum atomic E-state index is 13.1. The summed E-state index contributed by atoms with van der Waals surface area (Å²) in [5, 5.41) is 0. The van der Waals surface area contributed by atoms with Gasteiger partial charge in [-0.1, -0.05) is 30.3 Å². The zero-order chi connectivity index (χ0) is 22.3. The van der Waals surface area contributed by atoms with Gasteiger partial charge >= 0.3 is 5.97 Å². The van der Waals surface area contributed by atoms with Crippen LogP contribution in [-0.4, -0.2) is 42.1 Å². The van der Waals surface area contributed by atoms with Crippen LogP contribution in [0.25, 0.3) is 0 Å². The zero-order valence-corrected chi connectivity index (χ0v) is 18.6. The number of carbonyl (C=O) groups is 2. The van der Waals surface area contributed by atoms with Gasteiger partial charge in [-0.3, -0.25) is 4.79 Å². The molecular weight excluding hydrogens is 382 g/mol. The largest absolute Gasteiger partial charge is 0.493 e. The number of hydrogen-bond donors (Lipinski definition) is 0. The molecule has 0 aliphatic rings. The highest BCUT2D eigenvalue weighted by atomic mass is 16.5. The van der Waals surface area contributed by atoms with Crippen LogP contribution in [-0.2, 0) is 16.1 Å². The van der Waals surface area contributed by atoms with Crippen molar-refractivity contribution in [2.45, 2.75) is 52.8 Å². The van der Waals surface area contributed by atoms with Crippen LogP contribution in [0.2, 0.25) is 0 Å². The average Bonchev–Trinajstić information content (AvgIpc) is 2.71. The molecule has 0 spiro atoms. The van der Waals surface area contributed by atoms with Gasteiger partial charge in [-0.05, 0) is 58.4 Å². The number of nitrogens with zero attached hydrogens (tertiary/aromatic N) is 1. The zero-order valence-electron chi connectivity index (χ0n) is 18.6. The Morgan fingerprint density at radius 3 is 2.27 bits per heavy atom. The first-order chi connectivity index (χ1) is 14.2. The minimum atomic E-state index is -0.932. The van der Waals surface area contributed by atoms with Crippen LogP contribution in [0.5, 0.6) is 11.5 Å². The van der Waals surface area contributed by atoms with E-state index in [-0.39, 0.29) is 5.91 Å². The molecule has 0 saturated heterocycles. The van der Waals surface area contributed by atoms with Crippen molar-refractivity contribution in [3.8, 4) is 11.5 Å². The van der Waals surface area contributed by atoms with Gasteiger partial charge in [0.2, 0.25) is 0 Å².